The predicted octanol–water partition coefficient (Wildman–Crippen LogP) is 4.75. The molecule has 2 aromatic carbocycles. The number of aromatic nitrogens is 3. The van der Waals surface area contributed by atoms with Crippen LogP contribution in [0.2, 0.25) is 0 Å². The summed E-state index contributed by atoms with van der Waals surface area (Å²) in [5.41, 5.74) is 6.52. The summed E-state index contributed by atoms with van der Waals surface area (Å²) in [6.07, 6.45) is 1.50. The van der Waals surface area contributed by atoms with Crippen molar-refractivity contribution in [2.75, 3.05) is 41.9 Å². The maximum Gasteiger partial charge on any atom is 0.250 e. The van der Waals surface area contributed by atoms with Crippen LogP contribution in [0.25, 0.3) is 0 Å². The summed E-state index contributed by atoms with van der Waals surface area (Å²) in [6, 6.07) is 9.67. The molecule has 11 heteroatoms. The Morgan fingerprint density at radius 1 is 1.06 bits per heavy atom. The number of hydrogen-bond acceptors (Lipinski definition) is 9. The third-order valence-electron chi connectivity index (χ3n) is 4.98. The molecule has 0 radical (unpaired) electrons. The lowest BCUT2D eigenvalue weighted by atomic mass is 10.1. The van der Waals surface area contributed by atoms with Crippen LogP contribution in [0, 0.1) is 13.8 Å². The molecule has 172 valence electrons. The molecule has 3 N–H and O–H groups in total. The first kappa shape index (κ1) is 23.4. The number of rotatable bonds is 6. The van der Waals surface area contributed by atoms with E-state index < -0.39 is 0 Å². The van der Waals surface area contributed by atoms with Crippen molar-refractivity contribution in [3.8, 4) is 5.75 Å². The van der Waals surface area contributed by atoms with Crippen LogP contribution in [0.5, 0.6) is 5.75 Å². The number of aryl methyl sites for hydroxylation is 2. The summed E-state index contributed by atoms with van der Waals surface area (Å²) in [7, 11) is 0. The number of nitrogens with one attached hydrogen (secondary N) is 2. The van der Waals surface area contributed by atoms with Crippen LogP contribution >= 0.6 is 31.9 Å². The van der Waals surface area contributed by atoms with E-state index in [4.69, 9.17) is 4.74 Å². The third-order valence-corrected chi connectivity index (χ3v) is 6.05. The summed E-state index contributed by atoms with van der Waals surface area (Å²) in [5.74, 6) is 1.31. The number of hydrazone groups is 1. The smallest absolute Gasteiger partial charge is 0.250 e. The Bertz CT molecular complexity index is 1180. The lowest BCUT2D eigenvalue weighted by Gasteiger charge is -2.27. The van der Waals surface area contributed by atoms with Crippen molar-refractivity contribution >= 4 is 61.6 Å². The Hall–Kier alpha value is -2.76. The van der Waals surface area contributed by atoms with E-state index >= 15 is 0 Å². The van der Waals surface area contributed by atoms with Crippen LogP contribution in [-0.4, -0.2) is 52.6 Å². The average molecular weight is 577 g/mol. The quantitative estimate of drug-likeness (QED) is 0.285. The van der Waals surface area contributed by atoms with Gasteiger partial charge in [0.1, 0.15) is 5.75 Å². The zero-order chi connectivity index (χ0) is 23.4. The molecule has 0 spiro atoms. The van der Waals surface area contributed by atoms with Crippen LogP contribution in [-0.2, 0) is 4.74 Å². The van der Waals surface area contributed by atoms with E-state index in [0.29, 0.717) is 48.2 Å². The monoisotopic (exact) mass is 575 g/mol. The molecular formula is C22H23Br2N7O2. The Balaban J connectivity index is 1.62. The van der Waals surface area contributed by atoms with Gasteiger partial charge in [-0.2, -0.15) is 20.1 Å². The fraction of sp³-hybridized carbons (Fsp3) is 0.273. The molecule has 0 saturated carbocycles. The van der Waals surface area contributed by atoms with Gasteiger partial charge in [-0.05, 0) is 59.1 Å². The molecule has 1 saturated heterocycles. The topological polar surface area (TPSA) is 108 Å². The van der Waals surface area contributed by atoms with Crippen LogP contribution in [0.4, 0.5) is 23.5 Å². The molecule has 33 heavy (non-hydrogen) atoms. The largest absolute Gasteiger partial charge is 0.506 e. The highest BCUT2D eigenvalue weighted by molar-refractivity contribution is 9.11. The van der Waals surface area contributed by atoms with Crippen molar-refractivity contribution in [3.63, 3.8) is 0 Å². The van der Waals surface area contributed by atoms with Gasteiger partial charge in [0.15, 0.2) is 0 Å². The van der Waals surface area contributed by atoms with E-state index in [1.165, 1.54) is 6.21 Å². The van der Waals surface area contributed by atoms with Crippen molar-refractivity contribution < 1.29 is 9.84 Å². The first-order chi connectivity index (χ1) is 15.9. The molecule has 0 aliphatic carbocycles. The van der Waals surface area contributed by atoms with Crippen molar-refractivity contribution in [1.82, 2.24) is 15.0 Å². The molecular weight excluding hydrogens is 554 g/mol. The second kappa shape index (κ2) is 10.4. The minimum Gasteiger partial charge on any atom is -0.506 e. The lowest BCUT2D eigenvalue weighted by Crippen LogP contribution is -2.37. The maximum absolute atomic E-state index is 10.2. The molecule has 0 unspecified atom stereocenters. The molecule has 1 aromatic heterocycles. The Morgan fingerprint density at radius 3 is 2.61 bits per heavy atom. The second-order valence-corrected chi connectivity index (χ2v) is 9.29. The molecule has 1 aliphatic rings. The van der Waals surface area contributed by atoms with Gasteiger partial charge in [0.2, 0.25) is 17.8 Å². The van der Waals surface area contributed by atoms with E-state index in [9.17, 15) is 5.11 Å². The van der Waals surface area contributed by atoms with Gasteiger partial charge in [0.25, 0.3) is 0 Å². The maximum atomic E-state index is 10.2. The van der Waals surface area contributed by atoms with Crippen molar-refractivity contribution in [3.05, 3.63) is 56.0 Å². The lowest BCUT2D eigenvalue weighted by molar-refractivity contribution is 0.122. The molecule has 1 aliphatic heterocycles. The molecule has 3 aromatic rings. The van der Waals surface area contributed by atoms with E-state index in [2.05, 4.69) is 68.7 Å². The fourth-order valence-corrected chi connectivity index (χ4v) is 4.47. The number of halogens is 2. The first-order valence-electron chi connectivity index (χ1n) is 10.3. The van der Waals surface area contributed by atoms with Crippen molar-refractivity contribution in [2.45, 2.75) is 13.8 Å². The molecule has 9 nitrogen and oxygen atoms in total. The van der Waals surface area contributed by atoms with E-state index in [0.717, 1.165) is 21.3 Å². The number of morpholine rings is 1. The fourth-order valence-electron chi connectivity index (χ4n) is 3.21. The normalized spacial score (nSPS) is 14.0. The Morgan fingerprint density at radius 2 is 1.82 bits per heavy atom. The summed E-state index contributed by atoms with van der Waals surface area (Å²) in [4.78, 5) is 15.7. The highest BCUT2D eigenvalue weighted by atomic mass is 79.9. The number of phenols is 1. The van der Waals surface area contributed by atoms with E-state index in [1.807, 2.05) is 30.9 Å². The second-order valence-electron chi connectivity index (χ2n) is 7.52. The van der Waals surface area contributed by atoms with Gasteiger partial charge >= 0.3 is 0 Å². The minimum atomic E-state index is 0.0886. The third kappa shape index (κ3) is 5.98. The Labute approximate surface area is 208 Å². The van der Waals surface area contributed by atoms with E-state index in [1.54, 1.807) is 12.1 Å². The number of hydrogen-bond donors (Lipinski definition) is 3. The molecule has 0 amide bonds. The average Bonchev–Trinajstić information content (AvgIpc) is 2.80. The van der Waals surface area contributed by atoms with Gasteiger partial charge in [0.05, 0.1) is 23.9 Å². The minimum absolute atomic E-state index is 0.0886. The number of ether oxygens (including phenoxy) is 1. The summed E-state index contributed by atoms with van der Waals surface area (Å²) in [5, 5.41) is 17.8. The molecule has 0 bridgehead atoms. The van der Waals surface area contributed by atoms with Gasteiger partial charge in [-0.3, -0.25) is 0 Å². The predicted molar refractivity (Wildman–Crippen MR) is 137 cm³/mol. The molecule has 1 fully saturated rings. The van der Waals surface area contributed by atoms with Gasteiger partial charge in [-0.15, -0.1) is 0 Å². The zero-order valence-electron chi connectivity index (χ0n) is 18.1. The zero-order valence-corrected chi connectivity index (χ0v) is 21.3. The summed E-state index contributed by atoms with van der Waals surface area (Å²) >= 11 is 6.73. The van der Waals surface area contributed by atoms with Gasteiger partial charge < -0.3 is 20.1 Å². The van der Waals surface area contributed by atoms with Crippen LogP contribution < -0.4 is 15.6 Å². The first-order valence-corrected chi connectivity index (χ1v) is 11.9. The van der Waals surface area contributed by atoms with Crippen LogP contribution in [0.1, 0.15) is 16.7 Å². The van der Waals surface area contributed by atoms with Crippen molar-refractivity contribution in [2.24, 2.45) is 5.10 Å². The number of phenolic OH excluding ortho intramolecular Hbond substituents is 1. The summed E-state index contributed by atoms with van der Waals surface area (Å²) < 4.78 is 6.82. The highest BCUT2D eigenvalue weighted by Crippen LogP contribution is 2.30. The Kier molecular flexibility index (Phi) is 7.41. The number of anilines is 4. The highest BCUT2D eigenvalue weighted by Gasteiger charge is 2.17. The van der Waals surface area contributed by atoms with Gasteiger partial charge in [-0.25, -0.2) is 5.43 Å². The number of aromatic hydroxyl groups is 1. The van der Waals surface area contributed by atoms with Crippen LogP contribution in [0.15, 0.2) is 44.4 Å². The van der Waals surface area contributed by atoms with Crippen LogP contribution in [0.3, 0.4) is 0 Å². The summed E-state index contributed by atoms with van der Waals surface area (Å²) in [6.45, 7) is 6.67. The van der Waals surface area contributed by atoms with Gasteiger partial charge in [-0.1, -0.05) is 28.1 Å². The van der Waals surface area contributed by atoms with Gasteiger partial charge in [0, 0.05) is 28.8 Å². The molecule has 4 rings (SSSR count). The SMILES string of the molecule is Cc1ccc(C)c(Nc2nc(N/N=C\c3cc(Br)cc(Br)c3O)nc(N3CCOCC3)n2)c1. The standard InChI is InChI=1S/C22H23Br2N7O2/c1-13-3-4-14(2)18(9-13)26-20-27-21(29-22(28-20)31-5-7-33-8-6-31)30-25-12-15-10-16(23)11-17(24)19(15)32/h3-4,9-12,32H,5-8H2,1-2H3,(H2,26,27,28,29,30)/b25-12-. The number of nitrogens with zero attached hydrogens (tertiary/aromatic N) is 5. The molecule has 2 heterocycles. The molecule has 0 atom stereocenters. The van der Waals surface area contributed by atoms with E-state index in [-0.39, 0.29) is 11.7 Å². The number of benzene rings is 2. The van der Waals surface area contributed by atoms with Crippen molar-refractivity contribution in [1.29, 1.82) is 0 Å².